The van der Waals surface area contributed by atoms with Crippen LogP contribution in [0.15, 0.2) is 48.5 Å². The van der Waals surface area contributed by atoms with Crippen molar-refractivity contribution in [2.45, 2.75) is 39.0 Å². The number of hydrogen-bond donors (Lipinski definition) is 0. The van der Waals surface area contributed by atoms with Gasteiger partial charge in [-0.15, -0.1) is 0 Å². The standard InChI is InChI=1S/C21H23FO3/c1-2-3-4-13-25-21(24)18-9-5-16(6-10-18)14-20(23)15-17-7-11-19(22)12-8-17/h5-12H,2-4,13-15H2,1H3. The molecule has 0 radical (unpaired) electrons. The Balaban J connectivity index is 1.83. The van der Waals surface area contributed by atoms with Gasteiger partial charge in [-0.05, 0) is 41.8 Å². The van der Waals surface area contributed by atoms with Gasteiger partial charge in [0.25, 0.3) is 0 Å². The van der Waals surface area contributed by atoms with Crippen LogP contribution in [0.25, 0.3) is 0 Å². The Hall–Kier alpha value is -2.49. The van der Waals surface area contributed by atoms with Crippen molar-refractivity contribution in [1.82, 2.24) is 0 Å². The van der Waals surface area contributed by atoms with E-state index in [0.717, 1.165) is 30.4 Å². The molecule has 0 amide bonds. The van der Waals surface area contributed by atoms with Gasteiger partial charge in [0.1, 0.15) is 11.6 Å². The van der Waals surface area contributed by atoms with Gasteiger partial charge >= 0.3 is 5.97 Å². The van der Waals surface area contributed by atoms with Gasteiger partial charge in [0.2, 0.25) is 0 Å². The molecule has 0 spiro atoms. The Bertz CT molecular complexity index is 690. The van der Waals surface area contributed by atoms with Crippen LogP contribution in [-0.4, -0.2) is 18.4 Å². The maximum Gasteiger partial charge on any atom is 0.338 e. The summed E-state index contributed by atoms with van der Waals surface area (Å²) in [4.78, 5) is 24.0. The Morgan fingerprint density at radius 3 is 2.00 bits per heavy atom. The van der Waals surface area contributed by atoms with E-state index < -0.39 is 0 Å². The fraction of sp³-hybridized carbons (Fsp3) is 0.333. The Morgan fingerprint density at radius 2 is 1.44 bits per heavy atom. The summed E-state index contributed by atoms with van der Waals surface area (Å²) >= 11 is 0. The molecule has 2 aromatic rings. The fourth-order valence-electron chi connectivity index (χ4n) is 2.48. The minimum atomic E-state index is -0.333. The Labute approximate surface area is 147 Å². The van der Waals surface area contributed by atoms with E-state index in [1.165, 1.54) is 12.1 Å². The second-order valence-corrected chi connectivity index (χ2v) is 6.06. The quantitative estimate of drug-likeness (QED) is 0.497. The lowest BCUT2D eigenvalue weighted by Crippen LogP contribution is -2.08. The lowest BCUT2D eigenvalue weighted by Gasteiger charge is -2.06. The molecule has 0 bridgehead atoms. The molecule has 0 N–H and O–H groups in total. The number of benzene rings is 2. The lowest BCUT2D eigenvalue weighted by molar-refractivity contribution is -0.117. The molecule has 0 aliphatic carbocycles. The first-order chi connectivity index (χ1) is 12.1. The van der Waals surface area contributed by atoms with Gasteiger partial charge in [-0.2, -0.15) is 0 Å². The molecule has 0 heterocycles. The molecular formula is C21H23FO3. The van der Waals surface area contributed by atoms with Crippen LogP contribution in [0, 0.1) is 5.82 Å². The van der Waals surface area contributed by atoms with Crippen molar-refractivity contribution in [3.8, 4) is 0 Å². The normalized spacial score (nSPS) is 10.5. The minimum Gasteiger partial charge on any atom is -0.462 e. The van der Waals surface area contributed by atoms with Crippen molar-refractivity contribution in [3.05, 3.63) is 71.0 Å². The van der Waals surface area contributed by atoms with Crippen LogP contribution in [0.2, 0.25) is 0 Å². The molecule has 0 atom stereocenters. The van der Waals surface area contributed by atoms with Crippen LogP contribution in [-0.2, 0) is 22.4 Å². The summed E-state index contributed by atoms with van der Waals surface area (Å²) in [6, 6.07) is 12.8. The van der Waals surface area contributed by atoms with E-state index in [1.807, 2.05) is 0 Å². The van der Waals surface area contributed by atoms with E-state index >= 15 is 0 Å². The molecule has 0 fully saturated rings. The third-order valence-corrected chi connectivity index (χ3v) is 3.89. The number of ketones is 1. The second kappa shape index (κ2) is 9.72. The molecule has 2 aromatic carbocycles. The Kier molecular flexibility index (Phi) is 7.33. The SMILES string of the molecule is CCCCCOC(=O)c1ccc(CC(=O)Cc2ccc(F)cc2)cc1. The van der Waals surface area contributed by atoms with Crippen LogP contribution in [0.3, 0.4) is 0 Å². The highest BCUT2D eigenvalue weighted by atomic mass is 19.1. The maximum absolute atomic E-state index is 12.9. The average Bonchev–Trinajstić information content (AvgIpc) is 2.61. The fourth-order valence-corrected chi connectivity index (χ4v) is 2.48. The predicted octanol–water partition coefficient (Wildman–Crippen LogP) is 4.53. The minimum absolute atomic E-state index is 0.0431. The largest absolute Gasteiger partial charge is 0.462 e. The van der Waals surface area contributed by atoms with E-state index in [2.05, 4.69) is 6.92 Å². The monoisotopic (exact) mass is 342 g/mol. The topological polar surface area (TPSA) is 43.4 Å². The van der Waals surface area contributed by atoms with Gasteiger partial charge in [0, 0.05) is 12.8 Å². The highest BCUT2D eigenvalue weighted by molar-refractivity contribution is 5.89. The molecule has 132 valence electrons. The number of rotatable bonds is 9. The molecule has 0 saturated carbocycles. The van der Waals surface area contributed by atoms with Gasteiger partial charge < -0.3 is 4.74 Å². The number of carbonyl (C=O) groups excluding carboxylic acids is 2. The first kappa shape index (κ1) is 18.8. The zero-order valence-electron chi connectivity index (χ0n) is 14.5. The lowest BCUT2D eigenvalue weighted by atomic mass is 10.0. The van der Waals surface area contributed by atoms with Crippen LogP contribution in [0.5, 0.6) is 0 Å². The third kappa shape index (κ3) is 6.49. The molecule has 0 unspecified atom stereocenters. The summed E-state index contributed by atoms with van der Waals surface area (Å²) in [6.07, 6.45) is 3.55. The zero-order valence-corrected chi connectivity index (χ0v) is 14.5. The van der Waals surface area contributed by atoms with Crippen LogP contribution in [0.4, 0.5) is 4.39 Å². The van der Waals surface area contributed by atoms with E-state index in [9.17, 15) is 14.0 Å². The number of ether oxygens (including phenoxy) is 1. The predicted molar refractivity (Wildman–Crippen MR) is 95.1 cm³/mol. The highest BCUT2D eigenvalue weighted by Crippen LogP contribution is 2.10. The smallest absolute Gasteiger partial charge is 0.338 e. The van der Waals surface area contributed by atoms with E-state index in [1.54, 1.807) is 36.4 Å². The average molecular weight is 342 g/mol. The number of Topliss-reactive ketones (excluding diaryl/α,β-unsaturated/α-hetero) is 1. The molecular weight excluding hydrogens is 319 g/mol. The van der Waals surface area contributed by atoms with E-state index in [0.29, 0.717) is 12.2 Å². The van der Waals surface area contributed by atoms with Crippen molar-refractivity contribution in [3.63, 3.8) is 0 Å². The van der Waals surface area contributed by atoms with Crippen molar-refractivity contribution in [2.75, 3.05) is 6.61 Å². The van der Waals surface area contributed by atoms with Crippen molar-refractivity contribution in [2.24, 2.45) is 0 Å². The molecule has 2 rings (SSSR count). The first-order valence-corrected chi connectivity index (χ1v) is 8.60. The number of unbranched alkanes of at least 4 members (excludes halogenated alkanes) is 2. The van der Waals surface area contributed by atoms with Crippen LogP contribution < -0.4 is 0 Å². The van der Waals surface area contributed by atoms with Gasteiger partial charge in [0.15, 0.2) is 0 Å². The van der Waals surface area contributed by atoms with Gasteiger partial charge in [-0.25, -0.2) is 9.18 Å². The number of halogens is 1. The van der Waals surface area contributed by atoms with Crippen molar-refractivity contribution >= 4 is 11.8 Å². The number of hydrogen-bond acceptors (Lipinski definition) is 3. The molecule has 25 heavy (non-hydrogen) atoms. The number of esters is 1. The molecule has 0 aromatic heterocycles. The summed E-state index contributed by atoms with van der Waals surface area (Å²) in [5.41, 5.74) is 2.12. The van der Waals surface area contributed by atoms with Crippen molar-refractivity contribution in [1.29, 1.82) is 0 Å². The summed E-state index contributed by atoms with van der Waals surface area (Å²) in [7, 11) is 0. The third-order valence-electron chi connectivity index (χ3n) is 3.89. The molecule has 3 nitrogen and oxygen atoms in total. The first-order valence-electron chi connectivity index (χ1n) is 8.60. The van der Waals surface area contributed by atoms with E-state index in [-0.39, 0.29) is 30.4 Å². The highest BCUT2D eigenvalue weighted by Gasteiger charge is 2.09. The Morgan fingerprint density at radius 1 is 0.880 bits per heavy atom. The molecule has 4 heteroatoms. The molecule has 0 aliphatic heterocycles. The number of carbonyl (C=O) groups is 2. The van der Waals surface area contributed by atoms with Gasteiger partial charge in [-0.1, -0.05) is 44.0 Å². The molecule has 0 saturated heterocycles. The zero-order chi connectivity index (χ0) is 18.1. The van der Waals surface area contributed by atoms with Crippen LogP contribution in [0.1, 0.15) is 47.7 Å². The maximum atomic E-state index is 12.9. The van der Waals surface area contributed by atoms with E-state index in [4.69, 9.17) is 4.74 Å². The summed E-state index contributed by atoms with van der Waals surface area (Å²) in [6.45, 7) is 2.53. The summed E-state index contributed by atoms with van der Waals surface area (Å²) in [5, 5.41) is 0. The second-order valence-electron chi connectivity index (χ2n) is 6.06. The van der Waals surface area contributed by atoms with Crippen molar-refractivity contribution < 1.29 is 18.7 Å². The molecule has 0 aliphatic rings. The van der Waals surface area contributed by atoms with Crippen LogP contribution >= 0.6 is 0 Å². The summed E-state index contributed by atoms with van der Waals surface area (Å²) in [5.74, 6) is -0.602. The van der Waals surface area contributed by atoms with Gasteiger partial charge in [0.05, 0.1) is 12.2 Å². The summed E-state index contributed by atoms with van der Waals surface area (Å²) < 4.78 is 18.1. The van der Waals surface area contributed by atoms with Gasteiger partial charge in [-0.3, -0.25) is 4.79 Å².